The van der Waals surface area contributed by atoms with Gasteiger partial charge in [-0.1, -0.05) is 17.7 Å². The number of aryl methyl sites for hydroxylation is 1. The van der Waals surface area contributed by atoms with Crippen LogP contribution in [0.15, 0.2) is 24.4 Å². The fraction of sp³-hybridized carbons (Fsp3) is 0.231. The lowest BCUT2D eigenvalue weighted by Crippen LogP contribution is -2.24. The van der Waals surface area contributed by atoms with Crippen LogP contribution in [0.2, 0.25) is 5.02 Å². The van der Waals surface area contributed by atoms with Gasteiger partial charge in [0, 0.05) is 29.7 Å². The Bertz CT molecular complexity index is 621. The molecule has 0 saturated carbocycles. The summed E-state index contributed by atoms with van der Waals surface area (Å²) in [5, 5.41) is 7.40. The largest absolute Gasteiger partial charge is 0.384 e. The number of nitrogen functional groups attached to an aromatic ring is 1. The fourth-order valence-corrected chi connectivity index (χ4v) is 1.93. The summed E-state index contributed by atoms with van der Waals surface area (Å²) in [5.74, 6) is 0.367. The third-order valence-electron chi connectivity index (χ3n) is 3.02. The van der Waals surface area contributed by atoms with E-state index in [9.17, 15) is 4.79 Å². The molecule has 0 bridgehead atoms. The second-order valence-corrected chi connectivity index (χ2v) is 4.68. The van der Waals surface area contributed by atoms with Crippen molar-refractivity contribution >= 4 is 23.3 Å². The Morgan fingerprint density at radius 2 is 2.26 bits per heavy atom. The average molecular weight is 279 g/mol. The summed E-state index contributed by atoms with van der Waals surface area (Å²) in [4.78, 5) is 12.1. The molecule has 1 heterocycles. The summed E-state index contributed by atoms with van der Waals surface area (Å²) in [6.07, 6.45) is 1.64. The molecule has 19 heavy (non-hydrogen) atoms. The Balaban J connectivity index is 2.10. The van der Waals surface area contributed by atoms with Crippen LogP contribution in [-0.2, 0) is 13.6 Å². The van der Waals surface area contributed by atoms with Gasteiger partial charge < -0.3 is 11.1 Å². The van der Waals surface area contributed by atoms with Crippen LogP contribution < -0.4 is 11.1 Å². The second kappa shape index (κ2) is 5.32. The quantitative estimate of drug-likeness (QED) is 0.900. The van der Waals surface area contributed by atoms with E-state index in [-0.39, 0.29) is 5.91 Å². The van der Waals surface area contributed by atoms with Crippen LogP contribution in [-0.4, -0.2) is 15.7 Å². The minimum Gasteiger partial charge on any atom is -0.384 e. The summed E-state index contributed by atoms with van der Waals surface area (Å²) in [7, 11) is 1.75. The highest BCUT2D eigenvalue weighted by Gasteiger charge is 2.12. The van der Waals surface area contributed by atoms with E-state index in [0.717, 1.165) is 11.1 Å². The predicted molar refractivity (Wildman–Crippen MR) is 75.0 cm³/mol. The summed E-state index contributed by atoms with van der Waals surface area (Å²) in [6.45, 7) is 2.15. The second-order valence-electron chi connectivity index (χ2n) is 4.27. The van der Waals surface area contributed by atoms with Crippen molar-refractivity contribution in [1.82, 2.24) is 15.1 Å². The molecule has 0 unspecified atom stereocenters. The van der Waals surface area contributed by atoms with Gasteiger partial charge in [0.2, 0.25) is 0 Å². The van der Waals surface area contributed by atoms with Gasteiger partial charge in [-0.2, -0.15) is 5.10 Å². The van der Waals surface area contributed by atoms with Crippen LogP contribution in [0.25, 0.3) is 0 Å². The van der Waals surface area contributed by atoms with Crippen molar-refractivity contribution < 1.29 is 4.79 Å². The van der Waals surface area contributed by atoms with Gasteiger partial charge in [-0.3, -0.25) is 9.48 Å². The number of aromatic nitrogens is 2. The molecule has 0 saturated heterocycles. The number of hydrogen-bond acceptors (Lipinski definition) is 3. The highest BCUT2D eigenvalue weighted by molar-refractivity contribution is 6.31. The number of rotatable bonds is 3. The van der Waals surface area contributed by atoms with E-state index in [0.29, 0.717) is 22.9 Å². The van der Waals surface area contributed by atoms with E-state index >= 15 is 0 Å². The molecular formula is C13H15ClN4O. The van der Waals surface area contributed by atoms with Crippen LogP contribution in [0.3, 0.4) is 0 Å². The number of hydrogen-bond donors (Lipinski definition) is 2. The van der Waals surface area contributed by atoms with Gasteiger partial charge in [0.25, 0.3) is 5.91 Å². The van der Waals surface area contributed by atoms with Crippen LogP contribution in [0.4, 0.5) is 5.82 Å². The van der Waals surface area contributed by atoms with Crippen LogP contribution >= 0.6 is 11.6 Å². The summed E-state index contributed by atoms with van der Waals surface area (Å²) >= 11 is 5.99. The Morgan fingerprint density at radius 3 is 2.89 bits per heavy atom. The lowest BCUT2D eigenvalue weighted by Gasteiger charge is -2.08. The molecule has 0 fully saturated rings. The molecule has 0 atom stereocenters. The molecule has 5 nitrogen and oxygen atoms in total. The Morgan fingerprint density at radius 1 is 1.53 bits per heavy atom. The maximum absolute atomic E-state index is 12.1. The highest BCUT2D eigenvalue weighted by atomic mass is 35.5. The molecule has 1 amide bonds. The number of benzene rings is 1. The molecule has 1 aromatic carbocycles. The fourth-order valence-electron chi connectivity index (χ4n) is 1.75. The van der Waals surface area contributed by atoms with Gasteiger partial charge >= 0.3 is 0 Å². The first-order valence-corrected chi connectivity index (χ1v) is 6.18. The summed E-state index contributed by atoms with van der Waals surface area (Å²) < 4.78 is 1.56. The topological polar surface area (TPSA) is 72.9 Å². The molecule has 3 N–H and O–H groups in total. The number of nitrogens with zero attached hydrogens (tertiary/aromatic N) is 2. The standard InChI is InChI=1S/C13H15ClN4O/c1-8-10(4-3-5-11(8)14)13(19)16-6-9-7-17-18(2)12(9)15/h3-5,7H,6,15H2,1-2H3,(H,16,19). The van der Waals surface area contributed by atoms with Crippen molar-refractivity contribution in [3.8, 4) is 0 Å². The first-order valence-electron chi connectivity index (χ1n) is 5.80. The van der Waals surface area contributed by atoms with Gasteiger partial charge in [0.05, 0.1) is 6.20 Å². The number of halogens is 1. The number of amides is 1. The van der Waals surface area contributed by atoms with E-state index < -0.39 is 0 Å². The van der Waals surface area contributed by atoms with E-state index in [4.69, 9.17) is 17.3 Å². The molecule has 0 spiro atoms. The maximum Gasteiger partial charge on any atom is 0.251 e. The van der Waals surface area contributed by atoms with E-state index in [2.05, 4.69) is 10.4 Å². The smallest absolute Gasteiger partial charge is 0.251 e. The molecule has 0 radical (unpaired) electrons. The van der Waals surface area contributed by atoms with Gasteiger partial charge in [-0.05, 0) is 24.6 Å². The van der Waals surface area contributed by atoms with Crippen molar-refractivity contribution in [2.45, 2.75) is 13.5 Å². The van der Waals surface area contributed by atoms with E-state index in [1.165, 1.54) is 0 Å². The SMILES string of the molecule is Cc1c(Cl)cccc1C(=O)NCc1cnn(C)c1N. The highest BCUT2D eigenvalue weighted by Crippen LogP contribution is 2.18. The zero-order chi connectivity index (χ0) is 14.0. The molecule has 0 aliphatic carbocycles. The summed E-state index contributed by atoms with van der Waals surface area (Å²) in [5.41, 5.74) is 7.93. The molecule has 0 aliphatic rings. The number of anilines is 1. The lowest BCUT2D eigenvalue weighted by molar-refractivity contribution is 0.0950. The van der Waals surface area contributed by atoms with E-state index in [1.807, 2.05) is 6.92 Å². The Kier molecular flexibility index (Phi) is 3.76. The minimum absolute atomic E-state index is 0.178. The van der Waals surface area contributed by atoms with Gasteiger partial charge in [-0.25, -0.2) is 0 Å². The van der Waals surface area contributed by atoms with Crippen molar-refractivity contribution in [2.24, 2.45) is 7.05 Å². The van der Waals surface area contributed by atoms with Gasteiger partial charge in [0.1, 0.15) is 5.82 Å². The Labute approximate surface area is 116 Å². The first-order chi connectivity index (χ1) is 9.00. The predicted octanol–water partition coefficient (Wildman–Crippen LogP) is 1.89. The molecule has 2 aromatic rings. The molecule has 1 aromatic heterocycles. The first kappa shape index (κ1) is 13.4. The number of nitrogens with one attached hydrogen (secondary N) is 1. The molecule has 0 aliphatic heterocycles. The molecular weight excluding hydrogens is 264 g/mol. The molecule has 2 rings (SSSR count). The van der Waals surface area contributed by atoms with Crippen LogP contribution in [0, 0.1) is 6.92 Å². The third-order valence-corrected chi connectivity index (χ3v) is 3.43. The number of carbonyl (C=O) groups excluding carboxylic acids is 1. The number of nitrogens with two attached hydrogens (primary N) is 1. The average Bonchev–Trinajstić information content (AvgIpc) is 2.70. The minimum atomic E-state index is -0.178. The van der Waals surface area contributed by atoms with Gasteiger partial charge in [-0.15, -0.1) is 0 Å². The summed E-state index contributed by atoms with van der Waals surface area (Å²) in [6, 6.07) is 5.25. The number of carbonyl (C=O) groups is 1. The van der Waals surface area contributed by atoms with Crippen molar-refractivity contribution in [3.05, 3.63) is 46.1 Å². The maximum atomic E-state index is 12.1. The molecule has 100 valence electrons. The normalized spacial score (nSPS) is 10.5. The van der Waals surface area contributed by atoms with Crippen molar-refractivity contribution in [2.75, 3.05) is 5.73 Å². The van der Waals surface area contributed by atoms with Crippen molar-refractivity contribution in [1.29, 1.82) is 0 Å². The van der Waals surface area contributed by atoms with Crippen molar-refractivity contribution in [3.63, 3.8) is 0 Å². The molecule has 6 heteroatoms. The Hall–Kier alpha value is -2.01. The third kappa shape index (κ3) is 2.71. The van der Waals surface area contributed by atoms with Crippen LogP contribution in [0.5, 0.6) is 0 Å². The van der Waals surface area contributed by atoms with Crippen LogP contribution in [0.1, 0.15) is 21.5 Å². The monoisotopic (exact) mass is 278 g/mol. The zero-order valence-corrected chi connectivity index (χ0v) is 11.5. The lowest BCUT2D eigenvalue weighted by atomic mass is 10.1. The van der Waals surface area contributed by atoms with Gasteiger partial charge in [0.15, 0.2) is 0 Å². The zero-order valence-electron chi connectivity index (χ0n) is 10.8. The van der Waals surface area contributed by atoms with E-state index in [1.54, 1.807) is 36.1 Å².